The zero-order valence-corrected chi connectivity index (χ0v) is 16.7. The first-order valence-corrected chi connectivity index (χ1v) is 11.2. The average molecular weight is 413 g/mol. The molecule has 3 aromatic rings. The van der Waals surface area contributed by atoms with E-state index in [0.717, 1.165) is 16.9 Å². The molecular weight excluding hydrogens is 393 g/mol. The lowest BCUT2D eigenvalue weighted by atomic mass is 9.96. The number of amides is 1. The average Bonchev–Trinajstić information content (AvgIpc) is 3.61. The van der Waals surface area contributed by atoms with Gasteiger partial charge in [0, 0.05) is 17.0 Å². The van der Waals surface area contributed by atoms with Crippen molar-refractivity contribution in [2.24, 2.45) is 0 Å². The largest absolute Gasteiger partial charge is 0.349 e. The topological polar surface area (TPSA) is 81.1 Å². The molecule has 2 saturated carbocycles. The van der Waals surface area contributed by atoms with Gasteiger partial charge in [-0.05, 0) is 73.6 Å². The molecule has 6 nitrogen and oxygen atoms in total. The number of fused-ring (bicyclic) bond motifs is 1. The highest BCUT2D eigenvalue weighted by atomic mass is 32.2. The predicted molar refractivity (Wildman–Crippen MR) is 108 cm³/mol. The van der Waals surface area contributed by atoms with Crippen LogP contribution in [0.2, 0.25) is 0 Å². The maximum atomic E-state index is 14.5. The van der Waals surface area contributed by atoms with Gasteiger partial charge in [0.05, 0.1) is 17.0 Å². The van der Waals surface area contributed by atoms with Gasteiger partial charge in [-0.1, -0.05) is 6.07 Å². The molecule has 0 atom stereocenters. The van der Waals surface area contributed by atoms with Crippen LogP contribution in [0.1, 0.15) is 41.6 Å². The number of nitrogens with zero attached hydrogens (tertiary/aromatic N) is 2. The second kappa shape index (κ2) is 6.38. The van der Waals surface area contributed by atoms with Crippen molar-refractivity contribution in [1.82, 2.24) is 14.5 Å². The van der Waals surface area contributed by atoms with E-state index in [1.165, 1.54) is 12.3 Å². The van der Waals surface area contributed by atoms with E-state index in [9.17, 15) is 17.6 Å². The first-order valence-electron chi connectivity index (χ1n) is 9.68. The summed E-state index contributed by atoms with van der Waals surface area (Å²) in [6.45, 7) is 1.67. The number of aromatic nitrogens is 2. The molecule has 0 aliphatic heterocycles. The minimum absolute atomic E-state index is 0.186. The van der Waals surface area contributed by atoms with Gasteiger partial charge in [0.15, 0.2) is 0 Å². The van der Waals surface area contributed by atoms with Gasteiger partial charge in [-0.2, -0.15) is 9.19 Å². The van der Waals surface area contributed by atoms with E-state index in [-0.39, 0.29) is 22.8 Å². The lowest BCUT2D eigenvalue weighted by Crippen LogP contribution is -2.25. The quantitative estimate of drug-likeness (QED) is 0.695. The van der Waals surface area contributed by atoms with Gasteiger partial charge >= 0.3 is 0 Å². The van der Waals surface area contributed by atoms with Crippen molar-refractivity contribution < 1.29 is 17.6 Å². The summed E-state index contributed by atoms with van der Waals surface area (Å²) in [7, 11) is -3.47. The van der Waals surface area contributed by atoms with Crippen LogP contribution >= 0.6 is 0 Å². The third-order valence-electron chi connectivity index (χ3n) is 5.55. The summed E-state index contributed by atoms with van der Waals surface area (Å²) < 4.78 is 40.7. The fourth-order valence-corrected chi connectivity index (χ4v) is 5.13. The second-order valence-corrected chi connectivity index (χ2v) is 9.93. The highest BCUT2D eigenvalue weighted by Crippen LogP contribution is 2.33. The molecule has 1 N–H and O–H groups in total. The summed E-state index contributed by atoms with van der Waals surface area (Å²) in [4.78, 5) is 12.4. The lowest BCUT2D eigenvalue weighted by molar-refractivity contribution is 0.0950. The summed E-state index contributed by atoms with van der Waals surface area (Å²) in [5.41, 5.74) is 2.53. The van der Waals surface area contributed by atoms with Gasteiger partial charge in [-0.15, -0.1) is 0 Å². The molecule has 1 aromatic heterocycles. The predicted octanol–water partition coefficient (Wildman–Crippen LogP) is 3.38. The number of benzene rings is 2. The molecule has 2 aromatic carbocycles. The number of carbonyl (C=O) groups excluding carboxylic acids is 1. The summed E-state index contributed by atoms with van der Waals surface area (Å²) in [5.74, 6) is -0.729. The van der Waals surface area contributed by atoms with E-state index < -0.39 is 15.8 Å². The Morgan fingerprint density at radius 3 is 2.62 bits per heavy atom. The summed E-state index contributed by atoms with van der Waals surface area (Å²) in [6, 6.07) is 8.34. The second-order valence-electron chi connectivity index (χ2n) is 7.88. The SMILES string of the molecule is Cc1c(F)cc(C(=O)NC2CC2)cc1-c1ccc2c(cnn2S(=O)(=O)C2CC2)c1. The normalized spacial score (nSPS) is 16.9. The molecule has 0 saturated heterocycles. The van der Waals surface area contributed by atoms with Crippen LogP contribution in [0.15, 0.2) is 36.5 Å². The van der Waals surface area contributed by atoms with E-state index in [1.807, 2.05) is 0 Å². The number of hydrogen-bond donors (Lipinski definition) is 1. The molecule has 0 unspecified atom stereocenters. The Morgan fingerprint density at radius 2 is 1.93 bits per heavy atom. The van der Waals surface area contributed by atoms with Crippen LogP contribution in [0.4, 0.5) is 4.39 Å². The Hall–Kier alpha value is -2.74. The van der Waals surface area contributed by atoms with Gasteiger partial charge in [0.25, 0.3) is 15.9 Å². The first kappa shape index (κ1) is 18.3. The number of carbonyl (C=O) groups is 1. The van der Waals surface area contributed by atoms with Gasteiger partial charge < -0.3 is 5.32 Å². The number of rotatable bonds is 5. The van der Waals surface area contributed by atoms with E-state index in [1.54, 1.807) is 31.2 Å². The molecule has 150 valence electrons. The van der Waals surface area contributed by atoms with E-state index in [0.29, 0.717) is 40.4 Å². The van der Waals surface area contributed by atoms with Crippen LogP contribution in [0, 0.1) is 12.7 Å². The molecule has 2 aliphatic rings. The van der Waals surface area contributed by atoms with E-state index in [2.05, 4.69) is 10.4 Å². The molecular formula is C21H20FN3O3S. The maximum absolute atomic E-state index is 14.5. The van der Waals surface area contributed by atoms with Gasteiger partial charge in [-0.25, -0.2) is 12.8 Å². The van der Waals surface area contributed by atoms with Crippen LogP contribution < -0.4 is 5.32 Å². The highest BCUT2D eigenvalue weighted by molar-refractivity contribution is 7.90. The van der Waals surface area contributed by atoms with Gasteiger partial charge in [0.1, 0.15) is 5.82 Å². The van der Waals surface area contributed by atoms with E-state index >= 15 is 0 Å². The smallest absolute Gasteiger partial charge is 0.257 e. The third-order valence-corrected chi connectivity index (χ3v) is 7.64. The highest BCUT2D eigenvalue weighted by Gasteiger charge is 2.38. The van der Waals surface area contributed by atoms with Crippen molar-refractivity contribution in [2.45, 2.75) is 43.9 Å². The van der Waals surface area contributed by atoms with Crippen molar-refractivity contribution in [3.63, 3.8) is 0 Å². The molecule has 2 fully saturated rings. The molecule has 0 radical (unpaired) electrons. The van der Waals surface area contributed by atoms with Crippen LogP contribution in [0.3, 0.4) is 0 Å². The summed E-state index contributed by atoms with van der Waals surface area (Å²) in [6.07, 6.45) is 4.74. The Kier molecular flexibility index (Phi) is 4.03. The molecule has 2 aliphatic carbocycles. The van der Waals surface area contributed by atoms with Crippen molar-refractivity contribution in [3.05, 3.63) is 53.5 Å². The van der Waals surface area contributed by atoms with Crippen LogP contribution in [0.5, 0.6) is 0 Å². The zero-order valence-electron chi connectivity index (χ0n) is 15.9. The Morgan fingerprint density at radius 1 is 1.17 bits per heavy atom. The molecule has 1 heterocycles. The lowest BCUT2D eigenvalue weighted by Gasteiger charge is -2.11. The van der Waals surface area contributed by atoms with Crippen LogP contribution in [-0.4, -0.2) is 34.8 Å². The summed E-state index contributed by atoms with van der Waals surface area (Å²) in [5, 5.41) is 7.25. The van der Waals surface area contributed by atoms with Crippen molar-refractivity contribution in [2.75, 3.05) is 0 Å². The number of halogens is 1. The van der Waals surface area contributed by atoms with Crippen molar-refractivity contribution >= 4 is 26.8 Å². The third kappa shape index (κ3) is 3.21. The van der Waals surface area contributed by atoms with Crippen LogP contribution in [-0.2, 0) is 10.0 Å². The molecule has 0 spiro atoms. The molecule has 8 heteroatoms. The van der Waals surface area contributed by atoms with Gasteiger partial charge in [-0.3, -0.25) is 4.79 Å². The molecule has 5 rings (SSSR count). The Labute approximate surface area is 167 Å². The maximum Gasteiger partial charge on any atom is 0.257 e. The Bertz CT molecular complexity index is 1260. The standard InChI is InChI=1S/C21H20FN3O3S/c1-12-18(9-14(10-19(12)22)21(26)24-16-3-4-16)13-2-7-20-15(8-13)11-23-25(20)29(27,28)17-5-6-17/h2,7-11,16-17H,3-6H2,1H3,(H,24,26). The number of nitrogens with one attached hydrogen (secondary N) is 1. The minimum atomic E-state index is -3.47. The van der Waals surface area contributed by atoms with Gasteiger partial charge in [0.2, 0.25) is 0 Å². The zero-order chi connectivity index (χ0) is 20.3. The van der Waals surface area contributed by atoms with Crippen molar-refractivity contribution in [3.8, 4) is 11.1 Å². The van der Waals surface area contributed by atoms with Crippen LogP contribution in [0.25, 0.3) is 22.0 Å². The Balaban J connectivity index is 1.56. The molecule has 0 bridgehead atoms. The van der Waals surface area contributed by atoms with E-state index in [4.69, 9.17) is 0 Å². The molecule has 1 amide bonds. The fourth-order valence-electron chi connectivity index (χ4n) is 3.49. The minimum Gasteiger partial charge on any atom is -0.349 e. The first-order chi connectivity index (χ1) is 13.8. The molecule has 29 heavy (non-hydrogen) atoms. The monoisotopic (exact) mass is 413 g/mol. The van der Waals surface area contributed by atoms with Crippen molar-refractivity contribution in [1.29, 1.82) is 0 Å². The fraction of sp³-hybridized carbons (Fsp3) is 0.333. The summed E-state index contributed by atoms with van der Waals surface area (Å²) >= 11 is 0. The number of hydrogen-bond acceptors (Lipinski definition) is 4.